The summed E-state index contributed by atoms with van der Waals surface area (Å²) in [6.07, 6.45) is 2.74. The molecule has 2 heterocycles. The average Bonchev–Trinajstić information content (AvgIpc) is 3.53. The van der Waals surface area contributed by atoms with Gasteiger partial charge in [0.25, 0.3) is 5.91 Å². The number of nitrogens with one attached hydrogen (secondary N) is 4. The minimum absolute atomic E-state index is 0.0168. The smallest absolute Gasteiger partial charge is 0.346 e. The Labute approximate surface area is 324 Å². The number of halogens is 3. The molecule has 3 aliphatic rings. The van der Waals surface area contributed by atoms with E-state index in [1.54, 1.807) is 4.90 Å². The molecule has 2 saturated heterocycles. The van der Waals surface area contributed by atoms with Crippen molar-refractivity contribution in [3.8, 4) is 0 Å². The van der Waals surface area contributed by atoms with Crippen molar-refractivity contribution in [1.82, 2.24) is 31.1 Å². The first-order valence-electron chi connectivity index (χ1n) is 20.3. The molecule has 0 aromatic rings. The zero-order chi connectivity index (χ0) is 40.9. The first-order chi connectivity index (χ1) is 25.8. The zero-order valence-corrected chi connectivity index (χ0v) is 33.5. The van der Waals surface area contributed by atoms with Gasteiger partial charge in [0.05, 0.1) is 12.1 Å². The Morgan fingerprint density at radius 1 is 0.945 bits per heavy atom. The molecule has 55 heavy (non-hydrogen) atoms. The summed E-state index contributed by atoms with van der Waals surface area (Å²) < 4.78 is 38.6. The van der Waals surface area contributed by atoms with Crippen molar-refractivity contribution in [2.24, 2.45) is 23.2 Å². The number of carbonyl (C=O) groups excluding carboxylic acids is 6. The van der Waals surface area contributed by atoms with Gasteiger partial charge in [-0.25, -0.2) is 4.79 Å². The van der Waals surface area contributed by atoms with Crippen LogP contribution < -0.4 is 21.3 Å². The Kier molecular flexibility index (Phi) is 17.5. The molecule has 0 spiro atoms. The lowest BCUT2D eigenvalue weighted by atomic mass is 9.83. The van der Waals surface area contributed by atoms with Crippen LogP contribution in [0.2, 0.25) is 0 Å². The van der Waals surface area contributed by atoms with Crippen LogP contribution in [0, 0.1) is 23.2 Å². The summed E-state index contributed by atoms with van der Waals surface area (Å²) in [6, 6.07) is -4.32. The minimum Gasteiger partial charge on any atom is -0.346 e. The summed E-state index contributed by atoms with van der Waals surface area (Å²) in [6.45, 7) is 14.7. The van der Waals surface area contributed by atoms with Crippen molar-refractivity contribution in [1.29, 1.82) is 0 Å². The van der Waals surface area contributed by atoms with Crippen molar-refractivity contribution in [3.63, 3.8) is 0 Å². The molecule has 3 rings (SSSR count). The first-order valence-corrected chi connectivity index (χ1v) is 20.3. The Hall–Kier alpha value is -3.65. The molecular formula is C40H65F3N6O6. The van der Waals surface area contributed by atoms with Crippen molar-refractivity contribution >= 4 is 35.4 Å². The average molecular weight is 783 g/mol. The van der Waals surface area contributed by atoms with Gasteiger partial charge in [-0.3, -0.25) is 24.0 Å². The summed E-state index contributed by atoms with van der Waals surface area (Å²) in [5, 5.41) is 11.1. The Balaban J connectivity index is 1.87. The predicted octanol–water partition coefficient (Wildman–Crippen LogP) is 5.40. The van der Waals surface area contributed by atoms with E-state index in [-0.39, 0.29) is 62.4 Å². The van der Waals surface area contributed by atoms with Gasteiger partial charge in [0.15, 0.2) is 0 Å². The summed E-state index contributed by atoms with van der Waals surface area (Å²) >= 11 is 0. The van der Waals surface area contributed by atoms with Gasteiger partial charge in [-0.05, 0) is 74.5 Å². The predicted molar refractivity (Wildman–Crippen MR) is 203 cm³/mol. The van der Waals surface area contributed by atoms with Crippen LogP contribution >= 0.6 is 0 Å². The molecule has 2 aliphatic heterocycles. The normalized spacial score (nSPS) is 21.4. The SMILES string of the molecule is C=CCNC(=O)C(=O)C(CCCCC(F)(F)F)NC(=O)[C@@H]1C[C@@H](CC(C)C)CN1C(=O)[C@@H](NC(=O)N[C@H](CN1CCCCC1=O)C(C)(C)C)C1CCCCC1. The molecule has 4 N–H and O–H groups in total. The fourth-order valence-electron chi connectivity index (χ4n) is 8.05. The quantitative estimate of drug-likeness (QED) is 0.0829. The number of rotatable bonds is 18. The molecule has 5 atom stereocenters. The maximum absolute atomic E-state index is 14.7. The monoisotopic (exact) mass is 782 g/mol. The molecule has 1 saturated carbocycles. The molecule has 15 heteroatoms. The van der Waals surface area contributed by atoms with E-state index in [1.165, 1.54) is 11.0 Å². The van der Waals surface area contributed by atoms with Gasteiger partial charge >= 0.3 is 12.2 Å². The highest BCUT2D eigenvalue weighted by Crippen LogP contribution is 2.33. The number of unbranched alkanes of at least 4 members (excludes halogenated alkanes) is 1. The van der Waals surface area contributed by atoms with Crippen molar-refractivity contribution in [2.45, 2.75) is 155 Å². The third-order valence-electron chi connectivity index (χ3n) is 11.1. The van der Waals surface area contributed by atoms with E-state index < -0.39 is 71.7 Å². The molecular weight excluding hydrogens is 717 g/mol. The van der Waals surface area contributed by atoms with E-state index in [1.807, 2.05) is 34.6 Å². The molecule has 1 aliphatic carbocycles. The number of urea groups is 1. The number of amides is 6. The molecule has 0 bridgehead atoms. The van der Waals surface area contributed by atoms with Crippen LogP contribution in [0.5, 0.6) is 0 Å². The number of piperidine rings is 1. The second kappa shape index (κ2) is 21.0. The maximum Gasteiger partial charge on any atom is 0.389 e. The second-order valence-corrected chi connectivity index (χ2v) is 17.2. The van der Waals surface area contributed by atoms with Gasteiger partial charge < -0.3 is 31.1 Å². The van der Waals surface area contributed by atoms with Gasteiger partial charge in [0.2, 0.25) is 23.5 Å². The Morgan fingerprint density at radius 3 is 2.24 bits per heavy atom. The molecule has 3 fully saturated rings. The fourth-order valence-corrected chi connectivity index (χ4v) is 8.05. The lowest BCUT2D eigenvalue weighted by Gasteiger charge is -2.38. The van der Waals surface area contributed by atoms with Crippen LogP contribution in [-0.2, 0) is 24.0 Å². The molecule has 0 aromatic carbocycles. The lowest BCUT2D eigenvalue weighted by Crippen LogP contribution is -2.61. The number of nitrogens with zero attached hydrogens (tertiary/aromatic N) is 2. The second-order valence-electron chi connectivity index (χ2n) is 17.2. The number of Topliss-reactive ketones (excluding diaryl/α,β-unsaturated/α-hetero) is 1. The van der Waals surface area contributed by atoms with Crippen LogP contribution in [0.25, 0.3) is 0 Å². The molecule has 312 valence electrons. The van der Waals surface area contributed by atoms with E-state index in [2.05, 4.69) is 27.8 Å². The fraction of sp³-hybridized carbons (Fsp3) is 0.800. The number of likely N-dealkylation sites (tertiary alicyclic amines) is 2. The number of ketones is 1. The minimum atomic E-state index is -4.39. The summed E-state index contributed by atoms with van der Waals surface area (Å²) in [5.41, 5.74) is -0.412. The number of alkyl halides is 3. The summed E-state index contributed by atoms with van der Waals surface area (Å²) in [4.78, 5) is 84.5. The van der Waals surface area contributed by atoms with E-state index in [0.717, 1.165) is 32.1 Å². The van der Waals surface area contributed by atoms with Crippen LogP contribution in [0.1, 0.15) is 125 Å². The van der Waals surface area contributed by atoms with Crippen molar-refractivity contribution in [3.05, 3.63) is 12.7 Å². The van der Waals surface area contributed by atoms with Crippen LogP contribution in [0.15, 0.2) is 12.7 Å². The molecule has 0 aromatic heterocycles. The van der Waals surface area contributed by atoms with Crippen LogP contribution in [0.3, 0.4) is 0 Å². The van der Waals surface area contributed by atoms with Gasteiger partial charge in [0, 0.05) is 39.0 Å². The standard InChI is InChI=1S/C40H65F3N6O6/c1-7-20-44-36(53)34(51)29(17-11-13-19-40(41,42)43)45-35(52)30-23-27(22-26(2)3)24-49(30)37(54)33(28-15-9-8-10-16-28)47-38(55)46-31(39(4,5)6)25-48-21-14-12-18-32(48)50/h7,26-31,33H,1,8-25H2,2-6H3,(H,44,53)(H,45,52)(H2,46,47,55)/t27-,29?,30+,31-,33+/m1/s1. The molecule has 12 nitrogen and oxygen atoms in total. The van der Waals surface area contributed by atoms with Gasteiger partial charge in [-0.15, -0.1) is 6.58 Å². The number of hydrogen-bond acceptors (Lipinski definition) is 6. The van der Waals surface area contributed by atoms with Crippen molar-refractivity contribution < 1.29 is 41.9 Å². The van der Waals surface area contributed by atoms with E-state index in [4.69, 9.17) is 0 Å². The first kappa shape index (κ1) is 45.7. The van der Waals surface area contributed by atoms with Gasteiger partial charge in [0.1, 0.15) is 12.1 Å². The zero-order valence-electron chi connectivity index (χ0n) is 33.5. The number of hydrogen-bond donors (Lipinski definition) is 4. The molecule has 6 amide bonds. The highest BCUT2D eigenvalue weighted by molar-refractivity contribution is 6.38. The number of carbonyl (C=O) groups is 6. The molecule has 0 radical (unpaired) electrons. The van der Waals surface area contributed by atoms with E-state index in [9.17, 15) is 41.9 Å². The lowest BCUT2D eigenvalue weighted by molar-refractivity contribution is -0.143. The largest absolute Gasteiger partial charge is 0.389 e. The summed E-state index contributed by atoms with van der Waals surface area (Å²) in [7, 11) is 0. The Bertz CT molecular complexity index is 1350. The topological polar surface area (TPSA) is 157 Å². The third kappa shape index (κ3) is 14.7. The third-order valence-corrected chi connectivity index (χ3v) is 11.1. The maximum atomic E-state index is 14.7. The van der Waals surface area contributed by atoms with E-state index >= 15 is 0 Å². The van der Waals surface area contributed by atoms with Crippen LogP contribution in [-0.4, -0.2) is 102 Å². The van der Waals surface area contributed by atoms with E-state index in [0.29, 0.717) is 38.8 Å². The highest BCUT2D eigenvalue weighted by atomic mass is 19.4. The van der Waals surface area contributed by atoms with Crippen LogP contribution in [0.4, 0.5) is 18.0 Å². The molecule has 1 unspecified atom stereocenters. The van der Waals surface area contributed by atoms with Crippen molar-refractivity contribution in [2.75, 3.05) is 26.2 Å². The van der Waals surface area contributed by atoms with Gasteiger partial charge in [-0.2, -0.15) is 13.2 Å². The highest BCUT2D eigenvalue weighted by Gasteiger charge is 2.45. The Morgan fingerprint density at radius 2 is 1.64 bits per heavy atom. The summed E-state index contributed by atoms with van der Waals surface area (Å²) in [5.74, 6) is -3.02. The van der Waals surface area contributed by atoms with Gasteiger partial charge in [-0.1, -0.05) is 66.4 Å².